The van der Waals surface area contributed by atoms with Gasteiger partial charge in [-0.25, -0.2) is 4.79 Å². The van der Waals surface area contributed by atoms with Crippen molar-refractivity contribution in [2.45, 2.75) is 26.2 Å². The second-order valence-electron chi connectivity index (χ2n) is 4.52. The van der Waals surface area contributed by atoms with Crippen molar-refractivity contribution in [3.8, 4) is 0 Å². The highest BCUT2D eigenvalue weighted by Gasteiger charge is 2.32. The third kappa shape index (κ3) is 4.24. The van der Waals surface area contributed by atoms with E-state index in [1.807, 2.05) is 0 Å². The Kier molecular flexibility index (Phi) is 5.36. The molecule has 4 nitrogen and oxygen atoms in total. The molecule has 0 unspecified atom stereocenters. The molecule has 1 rings (SSSR count). The van der Waals surface area contributed by atoms with Crippen molar-refractivity contribution in [2.24, 2.45) is 0 Å². The zero-order valence-electron chi connectivity index (χ0n) is 11.2. The molecule has 0 aliphatic rings. The molecule has 1 aromatic rings. The number of ether oxygens (including phenoxy) is 2. The van der Waals surface area contributed by atoms with Crippen LogP contribution < -0.4 is 0 Å². The van der Waals surface area contributed by atoms with Crippen molar-refractivity contribution < 1.29 is 19.1 Å². The van der Waals surface area contributed by atoms with Gasteiger partial charge in [0.15, 0.2) is 6.61 Å². The highest BCUT2D eigenvalue weighted by molar-refractivity contribution is 6.30. The Balaban J connectivity index is 2.71. The van der Waals surface area contributed by atoms with Crippen LogP contribution in [0.2, 0.25) is 5.02 Å². The van der Waals surface area contributed by atoms with E-state index in [1.54, 1.807) is 45.0 Å². The summed E-state index contributed by atoms with van der Waals surface area (Å²) in [7, 11) is 0. The lowest BCUT2D eigenvalue weighted by molar-refractivity contribution is -0.161. The highest BCUT2D eigenvalue weighted by Crippen LogP contribution is 2.26. The lowest BCUT2D eigenvalue weighted by Gasteiger charge is -2.23. The third-order valence-electron chi connectivity index (χ3n) is 2.68. The summed E-state index contributed by atoms with van der Waals surface area (Å²) in [5, 5.41) is 0.545. The van der Waals surface area contributed by atoms with Crippen LogP contribution in [0.15, 0.2) is 24.3 Å². The standard InChI is InChI=1S/C14H17ClO4/c1-4-18-12(16)9-19-13(17)14(2,3)10-6-5-7-11(15)8-10/h5-8H,4,9H2,1-3H3. The van der Waals surface area contributed by atoms with Crippen molar-refractivity contribution >= 4 is 23.5 Å². The molecule has 0 saturated heterocycles. The Morgan fingerprint density at radius 1 is 1.26 bits per heavy atom. The first-order valence-corrected chi connectivity index (χ1v) is 6.34. The van der Waals surface area contributed by atoms with Gasteiger partial charge >= 0.3 is 11.9 Å². The van der Waals surface area contributed by atoms with Crippen molar-refractivity contribution in [2.75, 3.05) is 13.2 Å². The Morgan fingerprint density at radius 3 is 2.53 bits per heavy atom. The number of benzene rings is 1. The van der Waals surface area contributed by atoms with E-state index < -0.39 is 17.4 Å². The van der Waals surface area contributed by atoms with E-state index in [-0.39, 0.29) is 13.2 Å². The van der Waals surface area contributed by atoms with Gasteiger partial charge in [-0.1, -0.05) is 23.7 Å². The Hall–Kier alpha value is -1.55. The molecule has 0 bridgehead atoms. The van der Waals surface area contributed by atoms with Crippen molar-refractivity contribution in [3.05, 3.63) is 34.9 Å². The number of hydrogen-bond donors (Lipinski definition) is 0. The van der Waals surface area contributed by atoms with Gasteiger partial charge < -0.3 is 9.47 Å². The van der Waals surface area contributed by atoms with Crippen LogP contribution in [0, 0.1) is 0 Å². The lowest BCUT2D eigenvalue weighted by atomic mass is 9.85. The fourth-order valence-corrected chi connectivity index (χ4v) is 1.69. The van der Waals surface area contributed by atoms with Crippen LogP contribution in [0.25, 0.3) is 0 Å². The SMILES string of the molecule is CCOC(=O)COC(=O)C(C)(C)c1cccc(Cl)c1. The minimum absolute atomic E-state index is 0.258. The third-order valence-corrected chi connectivity index (χ3v) is 2.92. The number of carbonyl (C=O) groups excluding carboxylic acids is 2. The molecular weight excluding hydrogens is 268 g/mol. The first kappa shape index (κ1) is 15.5. The smallest absolute Gasteiger partial charge is 0.344 e. The maximum atomic E-state index is 12.0. The van der Waals surface area contributed by atoms with E-state index in [1.165, 1.54) is 0 Å². The molecule has 0 N–H and O–H groups in total. The number of carbonyl (C=O) groups is 2. The molecule has 0 spiro atoms. The average Bonchev–Trinajstić information content (AvgIpc) is 2.36. The predicted octanol–water partition coefficient (Wildman–Crippen LogP) is 2.72. The second-order valence-corrected chi connectivity index (χ2v) is 4.95. The zero-order chi connectivity index (χ0) is 14.5. The first-order valence-electron chi connectivity index (χ1n) is 5.96. The molecule has 0 aliphatic carbocycles. The van der Waals surface area contributed by atoms with Crippen LogP contribution in [-0.4, -0.2) is 25.2 Å². The number of hydrogen-bond acceptors (Lipinski definition) is 4. The zero-order valence-corrected chi connectivity index (χ0v) is 12.0. The normalized spacial score (nSPS) is 10.9. The minimum atomic E-state index is -0.878. The molecular formula is C14H17ClO4. The van der Waals surface area contributed by atoms with Crippen molar-refractivity contribution in [1.29, 1.82) is 0 Å². The van der Waals surface area contributed by atoms with Gasteiger partial charge in [0.2, 0.25) is 0 Å². The molecule has 5 heteroatoms. The van der Waals surface area contributed by atoms with Gasteiger partial charge in [-0.3, -0.25) is 4.79 Å². The van der Waals surface area contributed by atoms with Crippen LogP contribution in [-0.2, 0) is 24.5 Å². The van der Waals surface area contributed by atoms with Gasteiger partial charge in [0.25, 0.3) is 0 Å². The van der Waals surface area contributed by atoms with E-state index in [2.05, 4.69) is 0 Å². The Morgan fingerprint density at radius 2 is 1.95 bits per heavy atom. The Bertz CT molecular complexity index is 468. The highest BCUT2D eigenvalue weighted by atomic mass is 35.5. The fraction of sp³-hybridized carbons (Fsp3) is 0.429. The van der Waals surface area contributed by atoms with E-state index in [4.69, 9.17) is 21.1 Å². The van der Waals surface area contributed by atoms with E-state index in [0.29, 0.717) is 5.02 Å². The van der Waals surface area contributed by atoms with Gasteiger partial charge in [0.1, 0.15) is 0 Å². The van der Waals surface area contributed by atoms with Crippen LogP contribution in [0.5, 0.6) is 0 Å². The summed E-state index contributed by atoms with van der Waals surface area (Å²) in [5.74, 6) is -1.06. The summed E-state index contributed by atoms with van der Waals surface area (Å²) in [4.78, 5) is 23.2. The lowest BCUT2D eigenvalue weighted by Crippen LogP contribution is -2.32. The summed E-state index contributed by atoms with van der Waals surface area (Å²) < 4.78 is 9.65. The second kappa shape index (κ2) is 6.57. The maximum absolute atomic E-state index is 12.0. The number of rotatable bonds is 5. The topological polar surface area (TPSA) is 52.6 Å². The summed E-state index contributed by atoms with van der Waals surface area (Å²) in [6, 6.07) is 6.98. The predicted molar refractivity (Wildman–Crippen MR) is 72.1 cm³/mol. The molecule has 0 aliphatic heterocycles. The van der Waals surface area contributed by atoms with Crippen LogP contribution in [0.3, 0.4) is 0 Å². The minimum Gasteiger partial charge on any atom is -0.463 e. The number of esters is 2. The molecule has 19 heavy (non-hydrogen) atoms. The van der Waals surface area contributed by atoms with Crippen LogP contribution in [0.1, 0.15) is 26.3 Å². The first-order chi connectivity index (χ1) is 8.87. The van der Waals surface area contributed by atoms with Crippen molar-refractivity contribution in [1.82, 2.24) is 0 Å². The Labute approximate surface area is 117 Å². The molecule has 0 fully saturated rings. The monoisotopic (exact) mass is 284 g/mol. The van der Waals surface area contributed by atoms with Crippen LogP contribution in [0.4, 0.5) is 0 Å². The van der Waals surface area contributed by atoms with Gasteiger partial charge in [-0.2, -0.15) is 0 Å². The summed E-state index contributed by atoms with van der Waals surface area (Å²) >= 11 is 5.90. The molecule has 1 aromatic carbocycles. The van der Waals surface area contributed by atoms with E-state index in [0.717, 1.165) is 5.56 Å². The molecule has 0 amide bonds. The summed E-state index contributed by atoms with van der Waals surface area (Å²) in [6.07, 6.45) is 0. The molecule has 0 heterocycles. The van der Waals surface area contributed by atoms with Gasteiger partial charge in [-0.05, 0) is 38.5 Å². The molecule has 0 aromatic heterocycles. The average molecular weight is 285 g/mol. The quantitative estimate of drug-likeness (QED) is 0.780. The summed E-state index contributed by atoms with van der Waals surface area (Å²) in [6.45, 7) is 5.00. The van der Waals surface area contributed by atoms with E-state index >= 15 is 0 Å². The molecule has 0 atom stereocenters. The largest absolute Gasteiger partial charge is 0.463 e. The van der Waals surface area contributed by atoms with E-state index in [9.17, 15) is 9.59 Å². The summed E-state index contributed by atoms with van der Waals surface area (Å²) in [5.41, 5.74) is -0.147. The van der Waals surface area contributed by atoms with Crippen molar-refractivity contribution in [3.63, 3.8) is 0 Å². The fourth-order valence-electron chi connectivity index (χ4n) is 1.50. The molecule has 104 valence electrons. The van der Waals surface area contributed by atoms with Crippen LogP contribution >= 0.6 is 11.6 Å². The van der Waals surface area contributed by atoms with Gasteiger partial charge in [-0.15, -0.1) is 0 Å². The van der Waals surface area contributed by atoms with Gasteiger partial charge in [0, 0.05) is 5.02 Å². The number of halogens is 1. The van der Waals surface area contributed by atoms with Gasteiger partial charge in [0.05, 0.1) is 12.0 Å². The molecule has 0 saturated carbocycles. The maximum Gasteiger partial charge on any atom is 0.344 e. The molecule has 0 radical (unpaired) electrons.